The van der Waals surface area contributed by atoms with E-state index in [1.165, 1.54) is 11.3 Å². The molecule has 1 aromatic carbocycles. The maximum absolute atomic E-state index is 12.2. The van der Waals surface area contributed by atoms with Crippen LogP contribution in [0, 0.1) is 0 Å². The molecule has 2 rings (SSSR count). The van der Waals surface area contributed by atoms with Crippen molar-refractivity contribution in [2.45, 2.75) is 32.7 Å². The zero-order chi connectivity index (χ0) is 17.2. The van der Waals surface area contributed by atoms with Gasteiger partial charge in [-0.3, -0.25) is 4.79 Å². The van der Waals surface area contributed by atoms with Crippen LogP contribution in [0.3, 0.4) is 0 Å². The van der Waals surface area contributed by atoms with Crippen LogP contribution in [-0.2, 0) is 9.53 Å². The molecule has 0 radical (unpaired) electrons. The first-order valence-corrected chi connectivity index (χ1v) is 8.66. The number of benzene rings is 1. The Hall–Kier alpha value is -1.30. The number of fused-ring (bicyclic) bond motifs is 1. The molecule has 1 amide bonds. The molecule has 1 heterocycles. The summed E-state index contributed by atoms with van der Waals surface area (Å²) in [6, 6.07) is 5.20. The first kappa shape index (κ1) is 18.0. The van der Waals surface area contributed by atoms with Gasteiger partial charge in [-0.15, -0.1) is 11.3 Å². The molecule has 7 heteroatoms. The van der Waals surface area contributed by atoms with Crippen LogP contribution in [0.4, 0.5) is 0 Å². The average Bonchev–Trinajstić information content (AvgIpc) is 2.81. The van der Waals surface area contributed by atoms with Crippen molar-refractivity contribution in [3.63, 3.8) is 0 Å². The Balaban J connectivity index is 2.07. The SMILES string of the molecule is CCC(C)(C)NC(=O)COC(=O)c1sc2cc(Cl)ccc2c1Cl. The van der Waals surface area contributed by atoms with Crippen molar-refractivity contribution in [2.75, 3.05) is 6.61 Å². The van der Waals surface area contributed by atoms with E-state index in [1.54, 1.807) is 18.2 Å². The van der Waals surface area contributed by atoms with Gasteiger partial charge in [-0.1, -0.05) is 36.2 Å². The number of hydrogen-bond acceptors (Lipinski definition) is 4. The molecule has 0 aliphatic rings. The molecule has 0 aliphatic heterocycles. The summed E-state index contributed by atoms with van der Waals surface area (Å²) >= 11 is 13.3. The van der Waals surface area contributed by atoms with Gasteiger partial charge in [-0.2, -0.15) is 0 Å². The lowest BCUT2D eigenvalue weighted by atomic mass is 10.0. The second-order valence-corrected chi connectivity index (χ2v) is 7.61. The van der Waals surface area contributed by atoms with Crippen LogP contribution in [0.15, 0.2) is 18.2 Å². The summed E-state index contributed by atoms with van der Waals surface area (Å²) in [5.41, 5.74) is -0.338. The van der Waals surface area contributed by atoms with Crippen molar-refractivity contribution < 1.29 is 14.3 Å². The van der Waals surface area contributed by atoms with Crippen LogP contribution in [0.25, 0.3) is 10.1 Å². The van der Waals surface area contributed by atoms with Crippen molar-refractivity contribution in [2.24, 2.45) is 0 Å². The van der Waals surface area contributed by atoms with E-state index in [4.69, 9.17) is 27.9 Å². The first-order chi connectivity index (χ1) is 10.7. The summed E-state index contributed by atoms with van der Waals surface area (Å²) in [5, 5.41) is 4.43. The second kappa shape index (κ2) is 7.07. The maximum Gasteiger partial charge on any atom is 0.350 e. The van der Waals surface area contributed by atoms with Gasteiger partial charge in [0, 0.05) is 20.6 Å². The molecule has 0 fully saturated rings. The molecular formula is C16H17Cl2NO3S. The van der Waals surface area contributed by atoms with E-state index in [9.17, 15) is 9.59 Å². The molecule has 0 saturated carbocycles. The molecule has 0 aliphatic carbocycles. The number of carbonyl (C=O) groups excluding carboxylic acids is 2. The predicted octanol–water partition coefficient (Wildman–Crippen LogP) is 4.67. The molecular weight excluding hydrogens is 357 g/mol. The zero-order valence-electron chi connectivity index (χ0n) is 13.0. The number of hydrogen-bond donors (Lipinski definition) is 1. The van der Waals surface area contributed by atoms with Gasteiger partial charge >= 0.3 is 5.97 Å². The molecule has 4 nitrogen and oxygen atoms in total. The number of halogens is 2. The minimum Gasteiger partial charge on any atom is -0.451 e. The minimum atomic E-state index is -0.614. The summed E-state index contributed by atoms with van der Waals surface area (Å²) < 4.78 is 5.86. The van der Waals surface area contributed by atoms with Crippen LogP contribution in [0.5, 0.6) is 0 Å². The van der Waals surface area contributed by atoms with Gasteiger partial charge in [0.1, 0.15) is 4.88 Å². The van der Waals surface area contributed by atoms with Gasteiger partial charge in [0.25, 0.3) is 5.91 Å². The fourth-order valence-corrected chi connectivity index (χ4v) is 3.55. The zero-order valence-corrected chi connectivity index (χ0v) is 15.4. The van der Waals surface area contributed by atoms with Crippen LogP contribution in [-0.4, -0.2) is 24.0 Å². The summed E-state index contributed by atoms with van der Waals surface area (Å²) in [7, 11) is 0. The van der Waals surface area contributed by atoms with Crippen molar-refractivity contribution in [3.8, 4) is 0 Å². The van der Waals surface area contributed by atoms with Gasteiger partial charge in [0.05, 0.1) is 5.02 Å². The molecule has 0 atom stereocenters. The molecule has 1 aromatic heterocycles. The standard InChI is InChI=1S/C16H17Cl2NO3S/c1-4-16(2,3)19-12(20)8-22-15(21)14-13(18)10-6-5-9(17)7-11(10)23-14/h5-7H,4,8H2,1-3H3,(H,19,20). The monoisotopic (exact) mass is 373 g/mol. The molecule has 23 heavy (non-hydrogen) atoms. The summed E-state index contributed by atoms with van der Waals surface area (Å²) in [6.45, 7) is 5.43. The lowest BCUT2D eigenvalue weighted by Crippen LogP contribution is -2.44. The van der Waals surface area contributed by atoms with Crippen molar-refractivity contribution in [1.82, 2.24) is 5.32 Å². The number of ether oxygens (including phenoxy) is 1. The minimum absolute atomic E-state index is 0.270. The van der Waals surface area contributed by atoms with Crippen molar-refractivity contribution in [1.29, 1.82) is 0 Å². The largest absolute Gasteiger partial charge is 0.451 e. The topological polar surface area (TPSA) is 55.4 Å². The molecule has 0 bridgehead atoms. The van der Waals surface area contributed by atoms with Gasteiger partial charge in [0.2, 0.25) is 0 Å². The van der Waals surface area contributed by atoms with Crippen LogP contribution in [0.2, 0.25) is 10.0 Å². The highest BCUT2D eigenvalue weighted by Crippen LogP contribution is 2.37. The highest BCUT2D eigenvalue weighted by atomic mass is 35.5. The van der Waals surface area contributed by atoms with E-state index in [1.807, 2.05) is 20.8 Å². The fraction of sp³-hybridized carbons (Fsp3) is 0.375. The molecule has 0 saturated heterocycles. The average molecular weight is 374 g/mol. The normalized spacial score (nSPS) is 11.5. The van der Waals surface area contributed by atoms with Crippen LogP contribution < -0.4 is 5.32 Å². The highest BCUT2D eigenvalue weighted by Gasteiger charge is 2.22. The number of thiophene rings is 1. The smallest absolute Gasteiger partial charge is 0.350 e. The Labute approximate surface area is 148 Å². The molecule has 2 aromatic rings. The Morgan fingerprint density at radius 1 is 1.30 bits per heavy atom. The summed E-state index contributed by atoms with van der Waals surface area (Å²) in [6.07, 6.45) is 0.773. The van der Waals surface area contributed by atoms with E-state index < -0.39 is 5.97 Å². The third kappa shape index (κ3) is 4.37. The van der Waals surface area contributed by atoms with E-state index in [0.717, 1.165) is 16.5 Å². The number of esters is 1. The Morgan fingerprint density at radius 2 is 2.00 bits per heavy atom. The Morgan fingerprint density at radius 3 is 2.65 bits per heavy atom. The lowest BCUT2D eigenvalue weighted by molar-refractivity contribution is -0.125. The highest BCUT2D eigenvalue weighted by molar-refractivity contribution is 7.21. The van der Waals surface area contributed by atoms with E-state index in [-0.39, 0.29) is 22.9 Å². The third-order valence-electron chi connectivity index (χ3n) is 3.47. The second-order valence-electron chi connectivity index (χ2n) is 5.75. The third-order valence-corrected chi connectivity index (χ3v) is 5.35. The van der Waals surface area contributed by atoms with Crippen LogP contribution in [0.1, 0.15) is 36.9 Å². The quantitative estimate of drug-likeness (QED) is 0.774. The van der Waals surface area contributed by atoms with Gasteiger partial charge < -0.3 is 10.1 Å². The molecule has 1 N–H and O–H groups in total. The Kier molecular flexibility index (Phi) is 5.55. The van der Waals surface area contributed by atoms with E-state index in [2.05, 4.69) is 5.32 Å². The van der Waals surface area contributed by atoms with Gasteiger partial charge in [-0.05, 0) is 32.4 Å². The predicted molar refractivity (Wildman–Crippen MR) is 94.6 cm³/mol. The van der Waals surface area contributed by atoms with Crippen molar-refractivity contribution in [3.05, 3.63) is 33.1 Å². The molecule has 0 spiro atoms. The van der Waals surface area contributed by atoms with Crippen molar-refractivity contribution >= 4 is 56.5 Å². The lowest BCUT2D eigenvalue weighted by Gasteiger charge is -2.24. The number of rotatable bonds is 5. The summed E-state index contributed by atoms with van der Waals surface area (Å²) in [4.78, 5) is 24.2. The number of nitrogens with one attached hydrogen (secondary N) is 1. The van der Waals surface area contributed by atoms with Gasteiger partial charge in [-0.25, -0.2) is 4.79 Å². The molecule has 0 unspecified atom stereocenters. The maximum atomic E-state index is 12.2. The first-order valence-electron chi connectivity index (χ1n) is 7.09. The Bertz CT molecular complexity index is 755. The van der Waals surface area contributed by atoms with Gasteiger partial charge in [0.15, 0.2) is 6.61 Å². The van der Waals surface area contributed by atoms with Crippen LogP contribution >= 0.6 is 34.5 Å². The van der Waals surface area contributed by atoms with E-state index in [0.29, 0.717) is 10.0 Å². The number of carbonyl (C=O) groups is 2. The fourth-order valence-electron chi connectivity index (χ4n) is 1.87. The summed E-state index contributed by atoms with van der Waals surface area (Å²) in [5.74, 6) is -0.956. The van der Waals surface area contributed by atoms with E-state index >= 15 is 0 Å². The number of amides is 1. The molecule has 124 valence electrons.